The molecule has 0 aliphatic rings. The van der Waals surface area contributed by atoms with Crippen molar-refractivity contribution in [3.05, 3.63) is 35.9 Å². The number of carbonyl (C=O) groups excluding carboxylic acids is 1. The molecule has 0 bridgehead atoms. The van der Waals surface area contributed by atoms with Crippen molar-refractivity contribution in [2.75, 3.05) is 0 Å². The Morgan fingerprint density at radius 2 is 1.74 bits per heavy atom. The van der Waals surface area contributed by atoms with Crippen LogP contribution in [0, 0.1) is 0 Å². The smallest absolute Gasteiger partial charge is 0.324 e. The van der Waals surface area contributed by atoms with Gasteiger partial charge < -0.3 is 15.6 Å². The van der Waals surface area contributed by atoms with Crippen molar-refractivity contribution in [1.82, 2.24) is 0 Å². The van der Waals surface area contributed by atoms with Crippen LogP contribution in [0.4, 0.5) is 0 Å². The van der Waals surface area contributed by atoms with E-state index < -0.39 is 29.5 Å². The number of hydrogen-bond donors (Lipinski definition) is 2. The number of ether oxygens (including phenoxy) is 1. The van der Waals surface area contributed by atoms with Crippen molar-refractivity contribution < 1.29 is 19.4 Å². The lowest BCUT2D eigenvalue weighted by Gasteiger charge is -2.25. The van der Waals surface area contributed by atoms with Crippen LogP contribution >= 0.6 is 0 Å². The van der Waals surface area contributed by atoms with Gasteiger partial charge in [-0.25, -0.2) is 0 Å². The summed E-state index contributed by atoms with van der Waals surface area (Å²) < 4.78 is 5.12. The molecule has 19 heavy (non-hydrogen) atoms. The average molecular weight is 265 g/mol. The Hall–Kier alpha value is -1.88. The van der Waals surface area contributed by atoms with E-state index in [0.717, 1.165) is 0 Å². The molecule has 2 unspecified atom stereocenters. The Bertz CT molecular complexity index is 450. The number of esters is 1. The van der Waals surface area contributed by atoms with Crippen molar-refractivity contribution in [3.63, 3.8) is 0 Å². The fourth-order valence-electron chi connectivity index (χ4n) is 1.67. The maximum Gasteiger partial charge on any atom is 0.324 e. The normalized spacial score (nSPS) is 14.5. The van der Waals surface area contributed by atoms with Crippen LogP contribution in [-0.2, 0) is 14.3 Å². The van der Waals surface area contributed by atoms with Crippen molar-refractivity contribution in [2.45, 2.75) is 38.3 Å². The first kappa shape index (κ1) is 15.2. The minimum Gasteiger partial charge on any atom is -0.481 e. The maximum absolute atomic E-state index is 11.9. The molecule has 0 fully saturated rings. The van der Waals surface area contributed by atoms with Gasteiger partial charge in [0.2, 0.25) is 0 Å². The zero-order valence-electron chi connectivity index (χ0n) is 11.3. The standard InChI is InChI=1S/C14H19NO4/c1-14(2,3)19-13(18)11(15)10(12(16)17)9-7-5-4-6-8-9/h4-8,10-11H,15H2,1-3H3,(H,16,17). The highest BCUT2D eigenvalue weighted by Crippen LogP contribution is 2.21. The van der Waals surface area contributed by atoms with Crippen LogP contribution in [0.15, 0.2) is 30.3 Å². The first-order valence-electron chi connectivity index (χ1n) is 5.98. The second-order valence-corrected chi connectivity index (χ2v) is 5.29. The Morgan fingerprint density at radius 3 is 2.16 bits per heavy atom. The van der Waals surface area contributed by atoms with E-state index in [4.69, 9.17) is 10.5 Å². The van der Waals surface area contributed by atoms with E-state index >= 15 is 0 Å². The van der Waals surface area contributed by atoms with Crippen molar-refractivity contribution >= 4 is 11.9 Å². The quantitative estimate of drug-likeness (QED) is 0.806. The third-order valence-corrected chi connectivity index (χ3v) is 2.46. The third kappa shape index (κ3) is 4.37. The van der Waals surface area contributed by atoms with Crippen LogP contribution in [0.1, 0.15) is 32.3 Å². The molecule has 0 amide bonds. The number of carbonyl (C=O) groups is 2. The van der Waals surface area contributed by atoms with Crippen LogP contribution in [0.3, 0.4) is 0 Å². The molecule has 0 radical (unpaired) electrons. The number of hydrogen-bond acceptors (Lipinski definition) is 4. The van der Waals surface area contributed by atoms with Gasteiger partial charge in [0, 0.05) is 0 Å². The van der Waals surface area contributed by atoms with E-state index in [2.05, 4.69) is 0 Å². The molecule has 3 N–H and O–H groups in total. The zero-order valence-corrected chi connectivity index (χ0v) is 11.3. The first-order chi connectivity index (χ1) is 8.72. The molecule has 1 rings (SSSR count). The Morgan fingerprint density at radius 1 is 1.21 bits per heavy atom. The molecule has 0 saturated carbocycles. The van der Waals surface area contributed by atoms with Gasteiger partial charge in [0.05, 0.1) is 0 Å². The lowest BCUT2D eigenvalue weighted by molar-refractivity contribution is -0.160. The molecule has 5 heteroatoms. The molecule has 0 aliphatic carbocycles. The third-order valence-electron chi connectivity index (χ3n) is 2.46. The molecular weight excluding hydrogens is 246 g/mol. The monoisotopic (exact) mass is 265 g/mol. The summed E-state index contributed by atoms with van der Waals surface area (Å²) in [4.78, 5) is 23.2. The van der Waals surface area contributed by atoms with Gasteiger partial charge in [-0.05, 0) is 26.3 Å². The van der Waals surface area contributed by atoms with Crippen molar-refractivity contribution in [1.29, 1.82) is 0 Å². The molecule has 2 atom stereocenters. The van der Waals surface area contributed by atoms with Gasteiger partial charge in [-0.3, -0.25) is 9.59 Å². The molecule has 1 aromatic carbocycles. The van der Waals surface area contributed by atoms with Crippen LogP contribution < -0.4 is 5.73 Å². The average Bonchev–Trinajstić information content (AvgIpc) is 2.27. The highest BCUT2D eigenvalue weighted by atomic mass is 16.6. The number of benzene rings is 1. The van der Waals surface area contributed by atoms with Gasteiger partial charge in [-0.2, -0.15) is 0 Å². The summed E-state index contributed by atoms with van der Waals surface area (Å²) in [6.45, 7) is 5.11. The number of rotatable bonds is 4. The van der Waals surface area contributed by atoms with E-state index in [1.165, 1.54) is 0 Å². The van der Waals surface area contributed by atoms with Gasteiger partial charge in [0.1, 0.15) is 17.6 Å². The Balaban J connectivity index is 2.95. The minimum absolute atomic E-state index is 0.480. The van der Waals surface area contributed by atoms with Crippen LogP contribution in [0.2, 0.25) is 0 Å². The number of carboxylic acid groups (broad SMARTS) is 1. The fraction of sp³-hybridized carbons (Fsp3) is 0.429. The molecule has 0 aromatic heterocycles. The van der Waals surface area contributed by atoms with Crippen LogP contribution in [0.5, 0.6) is 0 Å². The summed E-state index contributed by atoms with van der Waals surface area (Å²) in [5.74, 6) is -2.98. The minimum atomic E-state index is -1.24. The predicted molar refractivity (Wildman–Crippen MR) is 70.6 cm³/mol. The molecule has 0 aliphatic heterocycles. The summed E-state index contributed by atoms with van der Waals surface area (Å²) >= 11 is 0. The summed E-state index contributed by atoms with van der Waals surface area (Å²) in [5, 5.41) is 9.26. The second-order valence-electron chi connectivity index (χ2n) is 5.29. The predicted octanol–water partition coefficient (Wildman–Crippen LogP) is 1.52. The lowest BCUT2D eigenvalue weighted by atomic mass is 9.92. The Kier molecular flexibility index (Phi) is 4.67. The van der Waals surface area contributed by atoms with E-state index in [9.17, 15) is 14.7 Å². The van der Waals surface area contributed by atoms with E-state index in [-0.39, 0.29) is 0 Å². The molecule has 0 heterocycles. The number of nitrogens with two attached hydrogens (primary N) is 1. The maximum atomic E-state index is 11.9. The Labute approximate surface area is 112 Å². The molecular formula is C14H19NO4. The largest absolute Gasteiger partial charge is 0.481 e. The van der Waals surface area contributed by atoms with E-state index in [1.54, 1.807) is 51.1 Å². The van der Waals surface area contributed by atoms with E-state index in [1.807, 2.05) is 0 Å². The fourth-order valence-corrected chi connectivity index (χ4v) is 1.67. The highest BCUT2D eigenvalue weighted by Gasteiger charge is 2.34. The van der Waals surface area contributed by atoms with Crippen LogP contribution in [0.25, 0.3) is 0 Å². The van der Waals surface area contributed by atoms with Gasteiger partial charge in [-0.15, -0.1) is 0 Å². The van der Waals surface area contributed by atoms with Gasteiger partial charge >= 0.3 is 11.9 Å². The topological polar surface area (TPSA) is 89.6 Å². The molecule has 104 valence electrons. The molecule has 0 spiro atoms. The molecule has 1 aromatic rings. The molecule has 5 nitrogen and oxygen atoms in total. The summed E-state index contributed by atoms with van der Waals surface area (Å²) in [7, 11) is 0. The first-order valence-corrected chi connectivity index (χ1v) is 5.98. The highest BCUT2D eigenvalue weighted by molar-refractivity contribution is 5.87. The summed E-state index contributed by atoms with van der Waals surface area (Å²) in [6.07, 6.45) is 0. The van der Waals surface area contributed by atoms with E-state index in [0.29, 0.717) is 5.56 Å². The zero-order chi connectivity index (χ0) is 14.6. The van der Waals surface area contributed by atoms with Gasteiger partial charge in [-0.1, -0.05) is 30.3 Å². The van der Waals surface area contributed by atoms with Gasteiger partial charge in [0.25, 0.3) is 0 Å². The van der Waals surface area contributed by atoms with Crippen molar-refractivity contribution in [2.24, 2.45) is 5.73 Å². The SMILES string of the molecule is CC(C)(C)OC(=O)C(N)C(C(=O)O)c1ccccc1. The van der Waals surface area contributed by atoms with Crippen molar-refractivity contribution in [3.8, 4) is 0 Å². The lowest BCUT2D eigenvalue weighted by Crippen LogP contribution is -2.44. The summed E-state index contributed by atoms with van der Waals surface area (Å²) in [6, 6.07) is 7.19. The number of aliphatic carboxylic acids is 1. The number of carboxylic acids is 1. The summed E-state index contributed by atoms with van der Waals surface area (Å²) in [5.41, 5.74) is 5.53. The molecule has 0 saturated heterocycles. The van der Waals surface area contributed by atoms with Crippen LogP contribution in [-0.4, -0.2) is 28.7 Å². The van der Waals surface area contributed by atoms with Gasteiger partial charge in [0.15, 0.2) is 0 Å². The second kappa shape index (κ2) is 5.84.